The van der Waals surface area contributed by atoms with Crippen molar-refractivity contribution in [1.82, 2.24) is 4.90 Å². The highest BCUT2D eigenvalue weighted by Gasteiger charge is 2.19. The predicted molar refractivity (Wildman–Crippen MR) is 216 cm³/mol. The maximum absolute atomic E-state index is 13.4. The van der Waals surface area contributed by atoms with Crippen molar-refractivity contribution >= 4 is 44.5 Å². The highest BCUT2D eigenvalue weighted by Crippen LogP contribution is 2.38. The Bertz CT molecular complexity index is 2260. The van der Waals surface area contributed by atoms with Crippen molar-refractivity contribution in [2.45, 2.75) is 32.1 Å². The summed E-state index contributed by atoms with van der Waals surface area (Å²) in [5, 5.41) is 4.61. The standard InChI is InChI=1S/C45H47NO10/c1-50-39-28-34(29-40(51-2)43(39)52-3)44(48)54-26-12-23-46(22-11-25-53-35-19-17-31-18-20-41(47)56-38(31)30-35)21-9-4-10-24-55-45(49)42-36-15-7-5-13-32(36)27-33-14-6-8-16-37(33)42/h5-8,13-20,27-30H,4,9-12,21-26H2,1-3H3. The minimum Gasteiger partial charge on any atom is -0.493 e. The molecule has 0 bridgehead atoms. The van der Waals surface area contributed by atoms with Crippen LogP contribution < -0.4 is 24.6 Å². The van der Waals surface area contributed by atoms with Crippen LogP contribution in [0.3, 0.4) is 0 Å². The zero-order valence-corrected chi connectivity index (χ0v) is 32.0. The molecule has 0 aliphatic carbocycles. The molecule has 1 heterocycles. The van der Waals surface area contributed by atoms with Gasteiger partial charge in [-0.25, -0.2) is 14.4 Å². The summed E-state index contributed by atoms with van der Waals surface area (Å²) >= 11 is 0. The zero-order valence-electron chi connectivity index (χ0n) is 32.0. The highest BCUT2D eigenvalue weighted by atomic mass is 16.5. The number of benzene rings is 5. The molecule has 292 valence electrons. The first-order chi connectivity index (χ1) is 27.4. The molecule has 0 radical (unpaired) electrons. The smallest absolute Gasteiger partial charge is 0.339 e. The molecule has 56 heavy (non-hydrogen) atoms. The van der Waals surface area contributed by atoms with E-state index in [4.69, 9.17) is 32.8 Å². The summed E-state index contributed by atoms with van der Waals surface area (Å²) in [7, 11) is 4.49. The number of carbonyl (C=O) groups excluding carboxylic acids is 2. The third-order valence-electron chi connectivity index (χ3n) is 9.56. The predicted octanol–water partition coefficient (Wildman–Crippen LogP) is 8.47. The normalized spacial score (nSPS) is 11.2. The van der Waals surface area contributed by atoms with Crippen LogP contribution in [-0.4, -0.2) is 77.6 Å². The molecular formula is C45H47NO10. The van der Waals surface area contributed by atoms with E-state index < -0.39 is 11.6 Å². The second-order valence-electron chi connectivity index (χ2n) is 13.3. The summed E-state index contributed by atoms with van der Waals surface area (Å²) in [5.74, 6) is 0.975. The molecule has 6 aromatic rings. The van der Waals surface area contributed by atoms with Crippen LogP contribution in [0.1, 0.15) is 52.8 Å². The molecule has 11 heteroatoms. The number of ether oxygens (including phenoxy) is 6. The average Bonchev–Trinajstić information content (AvgIpc) is 3.22. The molecule has 0 aliphatic rings. The van der Waals surface area contributed by atoms with Gasteiger partial charge < -0.3 is 37.7 Å². The first-order valence-corrected chi connectivity index (χ1v) is 18.8. The van der Waals surface area contributed by atoms with E-state index in [2.05, 4.69) is 11.0 Å². The molecule has 5 aromatic carbocycles. The Balaban J connectivity index is 1.00. The fourth-order valence-electron chi connectivity index (χ4n) is 6.76. The number of methoxy groups -OCH3 is 3. The molecule has 0 amide bonds. The van der Waals surface area contributed by atoms with Crippen LogP contribution in [0.5, 0.6) is 23.0 Å². The Kier molecular flexibility index (Phi) is 13.8. The van der Waals surface area contributed by atoms with Gasteiger partial charge in [0.15, 0.2) is 11.5 Å². The van der Waals surface area contributed by atoms with Crippen LogP contribution in [0.15, 0.2) is 106 Å². The number of rotatable bonds is 20. The van der Waals surface area contributed by atoms with Crippen LogP contribution in [0, 0.1) is 0 Å². The van der Waals surface area contributed by atoms with Gasteiger partial charge in [0.05, 0.1) is 52.3 Å². The monoisotopic (exact) mass is 761 g/mol. The van der Waals surface area contributed by atoms with Crippen molar-refractivity contribution in [3.8, 4) is 23.0 Å². The molecule has 0 unspecified atom stereocenters. The lowest BCUT2D eigenvalue weighted by atomic mass is 9.97. The fraction of sp³-hybridized carbons (Fsp3) is 0.311. The van der Waals surface area contributed by atoms with Crippen molar-refractivity contribution in [3.63, 3.8) is 0 Å². The molecule has 0 N–H and O–H groups in total. The van der Waals surface area contributed by atoms with Crippen LogP contribution in [0.4, 0.5) is 0 Å². The van der Waals surface area contributed by atoms with E-state index in [1.54, 1.807) is 24.3 Å². The van der Waals surface area contributed by atoms with Gasteiger partial charge in [0, 0.05) is 30.6 Å². The van der Waals surface area contributed by atoms with Gasteiger partial charge >= 0.3 is 17.6 Å². The van der Waals surface area contributed by atoms with Gasteiger partial charge in [0.25, 0.3) is 0 Å². The van der Waals surface area contributed by atoms with Crippen molar-refractivity contribution in [2.75, 3.05) is 60.8 Å². The van der Waals surface area contributed by atoms with Crippen LogP contribution in [0.2, 0.25) is 0 Å². The molecule has 0 atom stereocenters. The number of fused-ring (bicyclic) bond motifs is 3. The Hall–Kier alpha value is -6.07. The van der Waals surface area contributed by atoms with Gasteiger partial charge in [-0.3, -0.25) is 0 Å². The summed E-state index contributed by atoms with van der Waals surface area (Å²) in [5.41, 5.74) is 0.979. The molecule has 0 aliphatic heterocycles. The molecule has 0 fully saturated rings. The summed E-state index contributed by atoms with van der Waals surface area (Å²) in [6.45, 7) is 3.29. The van der Waals surface area contributed by atoms with Gasteiger partial charge in [0.1, 0.15) is 11.3 Å². The molecule has 1 aromatic heterocycles. The number of hydrogen-bond donors (Lipinski definition) is 0. The Morgan fingerprint density at radius 1 is 0.589 bits per heavy atom. The SMILES string of the molecule is COc1cc(C(=O)OCCCN(CCCCCOC(=O)c2c3ccccc3cc3ccccc23)CCCOc2ccc3ccc(=O)oc3c2)cc(OC)c1OC. The molecular weight excluding hydrogens is 714 g/mol. The number of nitrogens with zero attached hydrogens (tertiary/aromatic N) is 1. The van der Waals surface area contributed by atoms with Crippen molar-refractivity contribution in [2.24, 2.45) is 0 Å². The van der Waals surface area contributed by atoms with Gasteiger partial charge in [-0.05, 0) is 96.6 Å². The molecule has 0 saturated heterocycles. The van der Waals surface area contributed by atoms with Crippen LogP contribution >= 0.6 is 0 Å². The zero-order chi connectivity index (χ0) is 39.3. The fourth-order valence-corrected chi connectivity index (χ4v) is 6.76. The first-order valence-electron chi connectivity index (χ1n) is 18.8. The van der Waals surface area contributed by atoms with Gasteiger partial charge in [-0.1, -0.05) is 48.5 Å². The molecule has 11 nitrogen and oxygen atoms in total. The average molecular weight is 762 g/mol. The third kappa shape index (κ3) is 9.96. The number of carbonyl (C=O) groups is 2. The van der Waals surface area contributed by atoms with E-state index in [1.165, 1.54) is 27.4 Å². The maximum atomic E-state index is 13.4. The molecule has 6 rings (SSSR count). The minimum atomic E-state index is -0.485. The van der Waals surface area contributed by atoms with Crippen molar-refractivity contribution in [3.05, 3.63) is 119 Å². The largest absolute Gasteiger partial charge is 0.493 e. The lowest BCUT2D eigenvalue weighted by Gasteiger charge is -2.22. The topological polar surface area (TPSA) is 123 Å². The lowest BCUT2D eigenvalue weighted by Crippen LogP contribution is -2.29. The third-order valence-corrected chi connectivity index (χ3v) is 9.56. The molecule has 0 saturated carbocycles. The van der Waals surface area contributed by atoms with E-state index in [9.17, 15) is 14.4 Å². The minimum absolute atomic E-state index is 0.226. The first kappa shape index (κ1) is 39.6. The van der Waals surface area contributed by atoms with Crippen molar-refractivity contribution in [1.29, 1.82) is 0 Å². The summed E-state index contributed by atoms with van der Waals surface area (Å²) in [6.07, 6.45) is 3.87. The molecule has 0 spiro atoms. The summed E-state index contributed by atoms with van der Waals surface area (Å²) in [4.78, 5) is 40.3. The second kappa shape index (κ2) is 19.5. The van der Waals surface area contributed by atoms with Gasteiger partial charge in [-0.2, -0.15) is 0 Å². The van der Waals surface area contributed by atoms with E-state index in [1.807, 2.05) is 60.7 Å². The van der Waals surface area contributed by atoms with Gasteiger partial charge in [-0.15, -0.1) is 0 Å². The highest BCUT2D eigenvalue weighted by molar-refractivity contribution is 6.16. The lowest BCUT2D eigenvalue weighted by molar-refractivity contribution is 0.0485. The maximum Gasteiger partial charge on any atom is 0.339 e. The van der Waals surface area contributed by atoms with Crippen LogP contribution in [0.25, 0.3) is 32.5 Å². The quantitative estimate of drug-likeness (QED) is 0.0322. The van der Waals surface area contributed by atoms with E-state index >= 15 is 0 Å². The van der Waals surface area contributed by atoms with Gasteiger partial charge in [0.2, 0.25) is 5.75 Å². The van der Waals surface area contributed by atoms with E-state index in [0.717, 1.165) is 65.7 Å². The number of hydrogen-bond acceptors (Lipinski definition) is 11. The Labute approximate surface area is 325 Å². The second-order valence-corrected chi connectivity index (χ2v) is 13.3. The summed E-state index contributed by atoms with van der Waals surface area (Å²) in [6, 6.07) is 29.6. The van der Waals surface area contributed by atoms with Crippen LogP contribution in [-0.2, 0) is 9.47 Å². The van der Waals surface area contributed by atoms with E-state index in [0.29, 0.717) is 65.9 Å². The summed E-state index contributed by atoms with van der Waals surface area (Å²) < 4.78 is 38.9. The number of unbranched alkanes of at least 4 members (excludes halogenated alkanes) is 2. The number of esters is 2. The Morgan fingerprint density at radius 2 is 1.20 bits per heavy atom. The van der Waals surface area contributed by atoms with Crippen molar-refractivity contribution < 1.29 is 42.4 Å². The Morgan fingerprint density at radius 3 is 1.88 bits per heavy atom. The van der Waals surface area contributed by atoms with E-state index in [-0.39, 0.29) is 12.6 Å².